The number of rotatable bonds is 7. The zero-order valence-corrected chi connectivity index (χ0v) is 14.5. The van der Waals surface area contributed by atoms with Crippen molar-refractivity contribution in [2.24, 2.45) is 0 Å². The van der Waals surface area contributed by atoms with E-state index in [-0.39, 0.29) is 11.5 Å². The van der Waals surface area contributed by atoms with Gasteiger partial charge >= 0.3 is 0 Å². The Hall–Kier alpha value is -3.21. The molecule has 0 saturated carbocycles. The summed E-state index contributed by atoms with van der Waals surface area (Å²) in [6, 6.07) is 21.0. The Morgan fingerprint density at radius 2 is 1.69 bits per heavy atom. The molecule has 2 aromatic carbocycles. The van der Waals surface area contributed by atoms with Crippen LogP contribution < -0.4 is 10.9 Å². The topological polar surface area (TPSA) is 64.0 Å². The molecule has 1 heterocycles. The molecule has 0 radical (unpaired) electrons. The number of carbonyl (C=O) groups excluding carboxylic acids is 1. The number of amides is 1. The van der Waals surface area contributed by atoms with E-state index in [1.807, 2.05) is 60.7 Å². The van der Waals surface area contributed by atoms with Crippen LogP contribution in [0.1, 0.15) is 12.0 Å². The van der Waals surface area contributed by atoms with Gasteiger partial charge in [0.15, 0.2) is 0 Å². The lowest BCUT2D eigenvalue weighted by Crippen LogP contribution is -2.30. The third kappa shape index (κ3) is 4.89. The van der Waals surface area contributed by atoms with E-state index in [9.17, 15) is 9.59 Å². The molecule has 0 aliphatic heterocycles. The Morgan fingerprint density at radius 1 is 1.00 bits per heavy atom. The summed E-state index contributed by atoms with van der Waals surface area (Å²) in [6.07, 6.45) is 2.67. The second-order valence-corrected chi connectivity index (χ2v) is 6.01. The van der Waals surface area contributed by atoms with Crippen LogP contribution in [-0.2, 0) is 17.8 Å². The molecule has 0 aliphatic carbocycles. The number of hydrogen-bond acceptors (Lipinski definition) is 3. The molecular formula is C21H21N3O2. The smallest absolute Gasteiger partial charge is 0.253 e. The Bertz CT molecular complexity index is 905. The average Bonchev–Trinajstić information content (AvgIpc) is 2.69. The van der Waals surface area contributed by atoms with Gasteiger partial charge in [0.05, 0.1) is 12.0 Å². The standard InChI is InChI=1S/C21H21N3O2/c25-20(12-11-17-7-3-1-4-8-17)22-13-14-24-16-23-19(15-21(24)26)18-9-5-2-6-10-18/h1-10,15-16H,11-14H2,(H,22,25). The van der Waals surface area contributed by atoms with Crippen LogP contribution in [-0.4, -0.2) is 22.0 Å². The average molecular weight is 347 g/mol. The Labute approximate surface area is 152 Å². The number of benzene rings is 2. The predicted molar refractivity (Wildman–Crippen MR) is 102 cm³/mol. The fraction of sp³-hybridized carbons (Fsp3) is 0.190. The molecule has 0 saturated heterocycles. The molecule has 5 heteroatoms. The first-order valence-corrected chi connectivity index (χ1v) is 8.65. The van der Waals surface area contributed by atoms with Crippen molar-refractivity contribution in [3.05, 3.63) is 89.0 Å². The molecule has 26 heavy (non-hydrogen) atoms. The van der Waals surface area contributed by atoms with E-state index in [0.29, 0.717) is 31.6 Å². The van der Waals surface area contributed by atoms with Crippen molar-refractivity contribution >= 4 is 5.91 Å². The maximum absolute atomic E-state index is 12.2. The largest absolute Gasteiger partial charge is 0.354 e. The van der Waals surface area contributed by atoms with Crippen molar-refractivity contribution in [1.82, 2.24) is 14.9 Å². The van der Waals surface area contributed by atoms with Gasteiger partial charge in [-0.25, -0.2) is 4.98 Å². The highest BCUT2D eigenvalue weighted by Gasteiger charge is 2.04. The van der Waals surface area contributed by atoms with Crippen molar-refractivity contribution in [2.75, 3.05) is 6.54 Å². The summed E-state index contributed by atoms with van der Waals surface area (Å²) in [5, 5.41) is 2.85. The zero-order valence-electron chi connectivity index (χ0n) is 14.5. The first kappa shape index (κ1) is 17.6. The van der Waals surface area contributed by atoms with Crippen molar-refractivity contribution in [3.8, 4) is 11.3 Å². The van der Waals surface area contributed by atoms with E-state index in [4.69, 9.17) is 0 Å². The van der Waals surface area contributed by atoms with Gasteiger partial charge < -0.3 is 5.32 Å². The maximum Gasteiger partial charge on any atom is 0.253 e. The van der Waals surface area contributed by atoms with E-state index in [2.05, 4.69) is 10.3 Å². The predicted octanol–water partition coefficient (Wildman–Crippen LogP) is 2.66. The fourth-order valence-corrected chi connectivity index (χ4v) is 2.67. The minimum atomic E-state index is -0.127. The van der Waals surface area contributed by atoms with Crippen LogP contribution in [0.25, 0.3) is 11.3 Å². The monoisotopic (exact) mass is 347 g/mol. The van der Waals surface area contributed by atoms with Crippen LogP contribution in [0.4, 0.5) is 0 Å². The van der Waals surface area contributed by atoms with E-state index in [1.54, 1.807) is 0 Å². The Kier molecular flexibility index (Phi) is 5.93. The summed E-state index contributed by atoms with van der Waals surface area (Å²) >= 11 is 0. The molecule has 0 bridgehead atoms. The molecule has 0 aliphatic rings. The lowest BCUT2D eigenvalue weighted by molar-refractivity contribution is -0.121. The van der Waals surface area contributed by atoms with Crippen molar-refractivity contribution in [3.63, 3.8) is 0 Å². The minimum Gasteiger partial charge on any atom is -0.354 e. The van der Waals surface area contributed by atoms with Crippen LogP contribution in [0.15, 0.2) is 77.9 Å². The van der Waals surface area contributed by atoms with E-state index < -0.39 is 0 Å². The van der Waals surface area contributed by atoms with Crippen LogP contribution in [0.3, 0.4) is 0 Å². The molecule has 0 spiro atoms. The maximum atomic E-state index is 12.2. The zero-order chi connectivity index (χ0) is 18.2. The van der Waals surface area contributed by atoms with Crippen LogP contribution >= 0.6 is 0 Å². The lowest BCUT2D eigenvalue weighted by atomic mass is 10.1. The molecule has 3 aromatic rings. The molecule has 0 unspecified atom stereocenters. The molecule has 1 N–H and O–H groups in total. The summed E-state index contributed by atoms with van der Waals surface area (Å²) in [7, 11) is 0. The number of nitrogens with zero attached hydrogens (tertiary/aromatic N) is 2. The number of nitrogens with one attached hydrogen (secondary N) is 1. The SMILES string of the molecule is O=C(CCc1ccccc1)NCCn1cnc(-c2ccccc2)cc1=O. The van der Waals surface area contributed by atoms with E-state index >= 15 is 0 Å². The molecule has 1 amide bonds. The van der Waals surface area contributed by atoms with Crippen LogP contribution in [0.2, 0.25) is 0 Å². The minimum absolute atomic E-state index is 0.0178. The van der Waals surface area contributed by atoms with Gasteiger partial charge in [-0.2, -0.15) is 0 Å². The van der Waals surface area contributed by atoms with Gasteiger partial charge in [-0.15, -0.1) is 0 Å². The van der Waals surface area contributed by atoms with Gasteiger partial charge in [0.2, 0.25) is 5.91 Å². The molecule has 5 nitrogen and oxygen atoms in total. The quantitative estimate of drug-likeness (QED) is 0.715. The van der Waals surface area contributed by atoms with Gasteiger partial charge in [-0.1, -0.05) is 60.7 Å². The first-order chi connectivity index (χ1) is 12.7. The number of aryl methyl sites for hydroxylation is 1. The summed E-state index contributed by atoms with van der Waals surface area (Å²) in [6.45, 7) is 0.803. The molecular weight excluding hydrogens is 326 g/mol. The summed E-state index contributed by atoms with van der Waals surface area (Å²) in [5.74, 6) is -0.0178. The lowest BCUT2D eigenvalue weighted by Gasteiger charge is -2.08. The van der Waals surface area contributed by atoms with Gasteiger partial charge in [-0.3, -0.25) is 14.2 Å². The highest BCUT2D eigenvalue weighted by Crippen LogP contribution is 2.13. The third-order valence-electron chi connectivity index (χ3n) is 4.11. The van der Waals surface area contributed by atoms with E-state index in [0.717, 1.165) is 11.1 Å². The second-order valence-electron chi connectivity index (χ2n) is 6.01. The molecule has 132 valence electrons. The van der Waals surface area contributed by atoms with Crippen molar-refractivity contribution in [1.29, 1.82) is 0 Å². The molecule has 3 rings (SSSR count). The number of hydrogen-bond donors (Lipinski definition) is 1. The summed E-state index contributed by atoms with van der Waals surface area (Å²) < 4.78 is 1.50. The highest BCUT2D eigenvalue weighted by atomic mass is 16.1. The number of aromatic nitrogens is 2. The number of carbonyl (C=O) groups is 1. The van der Waals surface area contributed by atoms with Crippen LogP contribution in [0, 0.1) is 0 Å². The van der Waals surface area contributed by atoms with Crippen LogP contribution in [0.5, 0.6) is 0 Å². The summed E-state index contributed by atoms with van der Waals surface area (Å²) in [5.41, 5.74) is 2.57. The molecule has 1 aromatic heterocycles. The summed E-state index contributed by atoms with van der Waals surface area (Å²) in [4.78, 5) is 28.5. The highest BCUT2D eigenvalue weighted by molar-refractivity contribution is 5.76. The van der Waals surface area contributed by atoms with E-state index in [1.165, 1.54) is 17.0 Å². The van der Waals surface area contributed by atoms with Gasteiger partial charge in [0.25, 0.3) is 5.56 Å². The molecule has 0 fully saturated rings. The Balaban J connectivity index is 1.49. The molecule has 0 atom stereocenters. The van der Waals surface area contributed by atoms with Crippen molar-refractivity contribution < 1.29 is 4.79 Å². The van der Waals surface area contributed by atoms with Gasteiger partial charge in [0.1, 0.15) is 0 Å². The third-order valence-corrected chi connectivity index (χ3v) is 4.11. The van der Waals surface area contributed by atoms with Gasteiger partial charge in [-0.05, 0) is 12.0 Å². The van der Waals surface area contributed by atoms with Gasteiger partial charge in [0, 0.05) is 31.1 Å². The first-order valence-electron chi connectivity index (χ1n) is 8.65. The normalized spacial score (nSPS) is 10.5. The van der Waals surface area contributed by atoms with Crippen molar-refractivity contribution in [2.45, 2.75) is 19.4 Å². The second kappa shape index (κ2) is 8.76. The fourth-order valence-electron chi connectivity index (χ4n) is 2.67. The Morgan fingerprint density at radius 3 is 2.38 bits per heavy atom.